The van der Waals surface area contributed by atoms with Crippen LogP contribution in [-0.4, -0.2) is 36.1 Å². The maximum absolute atomic E-state index is 12.9. The Bertz CT molecular complexity index is 1420. The zero-order valence-electron chi connectivity index (χ0n) is 21.7. The maximum atomic E-state index is 12.9. The molecule has 4 aromatic rings. The standard InChI is InChI=1S/C33H31NO5/c35-31-22-26-11-4-6-13-29(26)34(30-14-7-5-12-28(30)31)19-8-20-38-27-17-15-24(16-18-27)21-32(33(36)37)39-23-25-9-2-1-3-10-25/h1-7,9-18,32H,8,19-23H2,(H,36,37). The molecular weight excluding hydrogens is 490 g/mol. The van der Waals surface area contributed by atoms with E-state index >= 15 is 0 Å². The van der Waals surface area contributed by atoms with Gasteiger partial charge in [-0.05, 0) is 53.4 Å². The first-order valence-electron chi connectivity index (χ1n) is 13.2. The van der Waals surface area contributed by atoms with Crippen molar-refractivity contribution >= 4 is 23.1 Å². The van der Waals surface area contributed by atoms with Crippen LogP contribution in [0.2, 0.25) is 0 Å². The number of ketones is 1. The number of rotatable bonds is 11. The first-order valence-corrected chi connectivity index (χ1v) is 13.2. The Balaban J connectivity index is 1.16. The van der Waals surface area contributed by atoms with Gasteiger partial charge in [-0.25, -0.2) is 4.79 Å². The average molecular weight is 522 g/mol. The number of carboxylic acids is 1. The molecular formula is C33H31NO5. The molecule has 4 aromatic carbocycles. The molecule has 0 saturated carbocycles. The summed E-state index contributed by atoms with van der Waals surface area (Å²) in [6.07, 6.45) is 0.498. The fourth-order valence-corrected chi connectivity index (χ4v) is 4.84. The molecule has 0 bridgehead atoms. The van der Waals surface area contributed by atoms with Crippen LogP contribution in [0, 0.1) is 0 Å². The molecule has 198 valence electrons. The number of carbonyl (C=O) groups is 2. The number of nitrogens with zero attached hydrogens (tertiary/aromatic N) is 1. The molecule has 0 spiro atoms. The summed E-state index contributed by atoms with van der Waals surface area (Å²) in [5, 5.41) is 9.60. The number of hydrogen-bond acceptors (Lipinski definition) is 5. The summed E-state index contributed by atoms with van der Waals surface area (Å²) in [7, 11) is 0. The van der Waals surface area contributed by atoms with Gasteiger partial charge in [0.05, 0.1) is 18.9 Å². The van der Waals surface area contributed by atoms with E-state index in [1.54, 1.807) is 0 Å². The third kappa shape index (κ3) is 6.54. The van der Waals surface area contributed by atoms with Crippen LogP contribution in [0.15, 0.2) is 103 Å². The summed E-state index contributed by atoms with van der Waals surface area (Å²) in [4.78, 5) is 26.8. The highest BCUT2D eigenvalue weighted by Crippen LogP contribution is 2.35. The van der Waals surface area contributed by atoms with Gasteiger partial charge in [0.1, 0.15) is 5.75 Å². The van der Waals surface area contributed by atoms with Crippen LogP contribution in [0.4, 0.5) is 11.4 Å². The quantitative estimate of drug-likeness (QED) is 0.235. The van der Waals surface area contributed by atoms with Crippen LogP contribution >= 0.6 is 0 Å². The van der Waals surface area contributed by atoms with E-state index in [1.165, 1.54) is 0 Å². The summed E-state index contributed by atoms with van der Waals surface area (Å²) >= 11 is 0. The van der Waals surface area contributed by atoms with E-state index in [0.29, 0.717) is 19.6 Å². The Morgan fingerprint density at radius 3 is 2.28 bits per heavy atom. The molecule has 1 aliphatic heterocycles. The molecule has 1 aliphatic rings. The van der Waals surface area contributed by atoms with Crippen LogP contribution in [0.1, 0.15) is 33.5 Å². The van der Waals surface area contributed by atoms with Crippen molar-refractivity contribution in [1.82, 2.24) is 0 Å². The lowest BCUT2D eigenvalue weighted by Crippen LogP contribution is -2.26. The van der Waals surface area contributed by atoms with Crippen molar-refractivity contribution in [3.05, 3.63) is 125 Å². The molecule has 0 saturated heterocycles. The number of fused-ring (bicyclic) bond motifs is 2. The molecule has 5 rings (SSSR count). The summed E-state index contributed by atoms with van der Waals surface area (Å²) in [5.74, 6) is -0.125. The number of carboxylic acid groups (broad SMARTS) is 1. The molecule has 6 heteroatoms. The minimum atomic E-state index is -0.982. The number of carbonyl (C=O) groups excluding carboxylic acids is 1. The number of Topliss-reactive ketones (excluding diaryl/α,β-unsaturated/α-hetero) is 1. The summed E-state index contributed by atoms with van der Waals surface area (Å²) in [6, 6.07) is 32.9. The number of ether oxygens (including phenoxy) is 2. The predicted molar refractivity (Wildman–Crippen MR) is 151 cm³/mol. The van der Waals surface area contributed by atoms with Crippen LogP contribution in [0.5, 0.6) is 5.75 Å². The SMILES string of the molecule is O=C1Cc2ccccc2N(CCCOc2ccc(CC(OCc3ccccc3)C(=O)O)cc2)c2ccccc21. The van der Waals surface area contributed by atoms with Gasteiger partial charge in [0.2, 0.25) is 0 Å². The Morgan fingerprint density at radius 2 is 1.51 bits per heavy atom. The second-order valence-electron chi connectivity index (χ2n) is 9.57. The van der Waals surface area contributed by atoms with E-state index in [0.717, 1.165) is 45.8 Å². The number of aliphatic carboxylic acids is 1. The summed E-state index contributed by atoms with van der Waals surface area (Å²) < 4.78 is 11.7. The molecule has 6 nitrogen and oxygen atoms in total. The monoisotopic (exact) mass is 521 g/mol. The fourth-order valence-electron chi connectivity index (χ4n) is 4.84. The maximum Gasteiger partial charge on any atom is 0.333 e. The molecule has 0 radical (unpaired) electrons. The highest BCUT2D eigenvalue weighted by atomic mass is 16.5. The topological polar surface area (TPSA) is 76.1 Å². The molecule has 0 aliphatic carbocycles. The first-order chi connectivity index (χ1) is 19.1. The van der Waals surface area contributed by atoms with Crippen LogP contribution in [-0.2, 0) is 29.0 Å². The lowest BCUT2D eigenvalue weighted by molar-refractivity contribution is -0.151. The third-order valence-electron chi connectivity index (χ3n) is 6.84. The second-order valence-corrected chi connectivity index (χ2v) is 9.57. The third-order valence-corrected chi connectivity index (χ3v) is 6.84. The number of benzene rings is 4. The molecule has 1 N–H and O–H groups in total. The van der Waals surface area contributed by atoms with Crippen molar-refractivity contribution in [3.8, 4) is 5.75 Å². The Morgan fingerprint density at radius 1 is 0.821 bits per heavy atom. The van der Waals surface area contributed by atoms with Crippen LogP contribution < -0.4 is 9.64 Å². The minimum absolute atomic E-state index is 0.132. The summed E-state index contributed by atoms with van der Waals surface area (Å²) in [5.41, 5.74) is 5.57. The van der Waals surface area contributed by atoms with Crippen molar-refractivity contribution in [1.29, 1.82) is 0 Å². The van der Waals surface area contributed by atoms with Crippen molar-refractivity contribution in [2.75, 3.05) is 18.1 Å². The first kappa shape index (κ1) is 26.2. The van der Waals surface area contributed by atoms with E-state index < -0.39 is 12.1 Å². The Hall–Kier alpha value is -4.42. The summed E-state index contributed by atoms with van der Waals surface area (Å²) in [6.45, 7) is 1.46. The lowest BCUT2D eigenvalue weighted by atomic mass is 10.0. The number of para-hydroxylation sites is 2. The van der Waals surface area contributed by atoms with Gasteiger partial charge in [0.25, 0.3) is 0 Å². The molecule has 1 heterocycles. The Kier molecular flexibility index (Phi) is 8.34. The van der Waals surface area contributed by atoms with E-state index in [-0.39, 0.29) is 18.8 Å². The Labute approximate surface area is 228 Å². The van der Waals surface area contributed by atoms with Gasteiger partial charge in [-0.3, -0.25) is 4.79 Å². The highest BCUT2D eigenvalue weighted by Gasteiger charge is 2.24. The van der Waals surface area contributed by atoms with Crippen LogP contribution in [0.25, 0.3) is 0 Å². The van der Waals surface area contributed by atoms with Gasteiger partial charge >= 0.3 is 5.97 Å². The van der Waals surface area contributed by atoms with E-state index in [2.05, 4.69) is 11.0 Å². The van der Waals surface area contributed by atoms with E-state index in [1.807, 2.05) is 97.1 Å². The molecule has 39 heavy (non-hydrogen) atoms. The average Bonchev–Trinajstić information content (AvgIpc) is 3.08. The largest absolute Gasteiger partial charge is 0.494 e. The number of hydrogen-bond donors (Lipinski definition) is 1. The van der Waals surface area contributed by atoms with Gasteiger partial charge in [0, 0.05) is 30.6 Å². The van der Waals surface area contributed by atoms with Gasteiger partial charge < -0.3 is 19.5 Å². The molecule has 1 unspecified atom stereocenters. The fraction of sp³-hybridized carbons (Fsp3) is 0.212. The minimum Gasteiger partial charge on any atom is -0.494 e. The lowest BCUT2D eigenvalue weighted by Gasteiger charge is -2.26. The predicted octanol–water partition coefficient (Wildman–Crippen LogP) is 6.25. The van der Waals surface area contributed by atoms with E-state index in [4.69, 9.17) is 9.47 Å². The van der Waals surface area contributed by atoms with Gasteiger partial charge in [0.15, 0.2) is 11.9 Å². The normalized spacial score (nSPS) is 13.2. The van der Waals surface area contributed by atoms with Crippen molar-refractivity contribution in [3.63, 3.8) is 0 Å². The van der Waals surface area contributed by atoms with E-state index in [9.17, 15) is 14.7 Å². The van der Waals surface area contributed by atoms with Crippen molar-refractivity contribution < 1.29 is 24.2 Å². The zero-order valence-corrected chi connectivity index (χ0v) is 21.7. The molecule has 0 aromatic heterocycles. The van der Waals surface area contributed by atoms with Crippen molar-refractivity contribution in [2.24, 2.45) is 0 Å². The zero-order chi connectivity index (χ0) is 27.0. The highest BCUT2D eigenvalue weighted by molar-refractivity contribution is 6.05. The van der Waals surface area contributed by atoms with Gasteiger partial charge in [-0.2, -0.15) is 0 Å². The van der Waals surface area contributed by atoms with Crippen molar-refractivity contribution in [2.45, 2.75) is 32.0 Å². The van der Waals surface area contributed by atoms with Gasteiger partial charge in [-0.1, -0.05) is 72.8 Å². The molecule has 0 fully saturated rings. The second kappa shape index (κ2) is 12.4. The smallest absolute Gasteiger partial charge is 0.333 e. The van der Waals surface area contributed by atoms with Crippen LogP contribution in [0.3, 0.4) is 0 Å². The molecule has 0 amide bonds. The number of anilines is 2. The van der Waals surface area contributed by atoms with Gasteiger partial charge in [-0.15, -0.1) is 0 Å². The molecule has 1 atom stereocenters.